The number of azo groups is 1. The molecular formula is C19H20N4O3. The monoisotopic (exact) mass is 352 g/mol. The van der Waals surface area contributed by atoms with E-state index in [0.29, 0.717) is 36.0 Å². The SMILES string of the molecule is COc1cc(CCN=Nc2nncc3ccccc23)cc(OC)c1OC. The molecule has 2 aromatic carbocycles. The second kappa shape index (κ2) is 8.24. The number of aromatic nitrogens is 2. The fraction of sp³-hybridized carbons (Fsp3) is 0.263. The second-order valence-electron chi connectivity index (χ2n) is 5.50. The highest BCUT2D eigenvalue weighted by molar-refractivity contribution is 5.89. The van der Waals surface area contributed by atoms with Crippen molar-refractivity contribution in [3.05, 3.63) is 48.2 Å². The molecule has 0 bridgehead atoms. The average Bonchev–Trinajstić information content (AvgIpc) is 2.70. The Labute approximate surface area is 151 Å². The number of hydrogen-bond acceptors (Lipinski definition) is 7. The smallest absolute Gasteiger partial charge is 0.203 e. The Morgan fingerprint density at radius 3 is 2.38 bits per heavy atom. The van der Waals surface area contributed by atoms with Crippen LogP contribution in [0.5, 0.6) is 17.2 Å². The van der Waals surface area contributed by atoms with Gasteiger partial charge in [0.1, 0.15) is 0 Å². The highest BCUT2D eigenvalue weighted by Crippen LogP contribution is 2.38. The summed E-state index contributed by atoms with van der Waals surface area (Å²) in [7, 11) is 4.78. The lowest BCUT2D eigenvalue weighted by Crippen LogP contribution is -1.98. The lowest BCUT2D eigenvalue weighted by molar-refractivity contribution is 0.324. The highest BCUT2D eigenvalue weighted by atomic mass is 16.5. The van der Waals surface area contributed by atoms with Crippen LogP contribution in [0.4, 0.5) is 5.82 Å². The number of ether oxygens (including phenoxy) is 3. The minimum absolute atomic E-state index is 0.504. The van der Waals surface area contributed by atoms with Crippen molar-refractivity contribution in [3.8, 4) is 17.2 Å². The van der Waals surface area contributed by atoms with Crippen molar-refractivity contribution in [1.82, 2.24) is 10.2 Å². The molecule has 3 rings (SSSR count). The molecule has 0 saturated carbocycles. The molecule has 0 amide bonds. The van der Waals surface area contributed by atoms with Gasteiger partial charge in [-0.3, -0.25) is 0 Å². The summed E-state index contributed by atoms with van der Waals surface area (Å²) in [5, 5.41) is 18.4. The van der Waals surface area contributed by atoms with Crippen LogP contribution in [0.25, 0.3) is 10.8 Å². The number of fused-ring (bicyclic) bond motifs is 1. The summed E-state index contributed by atoms with van der Waals surface area (Å²) in [6.45, 7) is 0.504. The second-order valence-corrected chi connectivity index (χ2v) is 5.50. The van der Waals surface area contributed by atoms with Crippen molar-refractivity contribution in [3.63, 3.8) is 0 Å². The first-order chi connectivity index (χ1) is 12.8. The number of nitrogens with zero attached hydrogens (tertiary/aromatic N) is 4. The third-order valence-corrected chi connectivity index (χ3v) is 3.94. The maximum atomic E-state index is 5.37. The van der Waals surface area contributed by atoms with Gasteiger partial charge in [-0.2, -0.15) is 10.2 Å². The molecular weight excluding hydrogens is 332 g/mol. The Hall–Kier alpha value is -3.22. The van der Waals surface area contributed by atoms with Gasteiger partial charge in [0.15, 0.2) is 11.5 Å². The van der Waals surface area contributed by atoms with Crippen LogP contribution in [0.1, 0.15) is 5.56 Å². The Balaban J connectivity index is 1.74. The molecule has 1 aromatic heterocycles. The number of benzene rings is 2. The van der Waals surface area contributed by atoms with Crippen molar-refractivity contribution in [2.75, 3.05) is 27.9 Å². The van der Waals surface area contributed by atoms with E-state index in [1.54, 1.807) is 27.5 Å². The molecule has 7 nitrogen and oxygen atoms in total. The lowest BCUT2D eigenvalue weighted by Gasteiger charge is -2.13. The summed E-state index contributed by atoms with van der Waals surface area (Å²) < 4.78 is 16.1. The quantitative estimate of drug-likeness (QED) is 0.601. The van der Waals surface area contributed by atoms with E-state index in [-0.39, 0.29) is 0 Å². The molecule has 0 spiro atoms. The van der Waals surface area contributed by atoms with E-state index < -0.39 is 0 Å². The molecule has 3 aromatic rings. The third-order valence-electron chi connectivity index (χ3n) is 3.94. The Kier molecular flexibility index (Phi) is 5.58. The van der Waals surface area contributed by atoms with E-state index in [0.717, 1.165) is 16.3 Å². The van der Waals surface area contributed by atoms with Crippen LogP contribution in [0, 0.1) is 0 Å². The molecule has 0 aliphatic rings. The maximum Gasteiger partial charge on any atom is 0.203 e. The van der Waals surface area contributed by atoms with E-state index in [4.69, 9.17) is 14.2 Å². The molecule has 26 heavy (non-hydrogen) atoms. The minimum Gasteiger partial charge on any atom is -0.493 e. The van der Waals surface area contributed by atoms with Gasteiger partial charge in [-0.05, 0) is 24.1 Å². The zero-order valence-electron chi connectivity index (χ0n) is 15.0. The zero-order chi connectivity index (χ0) is 18.4. The topological polar surface area (TPSA) is 78.2 Å². The van der Waals surface area contributed by atoms with E-state index in [1.807, 2.05) is 36.4 Å². The van der Waals surface area contributed by atoms with Gasteiger partial charge in [0.2, 0.25) is 11.6 Å². The van der Waals surface area contributed by atoms with Crippen molar-refractivity contribution in [2.24, 2.45) is 10.2 Å². The molecule has 0 aliphatic heterocycles. The van der Waals surface area contributed by atoms with Gasteiger partial charge < -0.3 is 14.2 Å². The van der Waals surface area contributed by atoms with Crippen molar-refractivity contribution >= 4 is 16.6 Å². The van der Waals surface area contributed by atoms with E-state index in [2.05, 4.69) is 20.4 Å². The molecule has 0 aliphatic carbocycles. The Morgan fingerprint density at radius 1 is 0.962 bits per heavy atom. The lowest BCUT2D eigenvalue weighted by atomic mass is 10.1. The van der Waals surface area contributed by atoms with Gasteiger partial charge in [-0.25, -0.2) is 0 Å². The molecule has 0 radical (unpaired) electrons. The normalized spacial score (nSPS) is 11.0. The standard InChI is InChI=1S/C19H20N4O3/c1-24-16-10-13(11-17(25-2)18(16)26-3)8-9-20-22-19-15-7-5-4-6-14(15)12-21-23-19/h4-7,10-12H,8-9H2,1-3H3. The molecule has 0 saturated heterocycles. The molecule has 1 heterocycles. The summed E-state index contributed by atoms with van der Waals surface area (Å²) in [5.41, 5.74) is 1.02. The summed E-state index contributed by atoms with van der Waals surface area (Å²) in [4.78, 5) is 0. The van der Waals surface area contributed by atoms with Gasteiger partial charge in [0.25, 0.3) is 0 Å². The van der Waals surface area contributed by atoms with Crippen molar-refractivity contribution in [2.45, 2.75) is 6.42 Å². The largest absolute Gasteiger partial charge is 0.493 e. The van der Waals surface area contributed by atoms with E-state index in [9.17, 15) is 0 Å². The van der Waals surface area contributed by atoms with Crippen LogP contribution in [0.2, 0.25) is 0 Å². The highest BCUT2D eigenvalue weighted by Gasteiger charge is 2.12. The first-order valence-corrected chi connectivity index (χ1v) is 8.13. The van der Waals surface area contributed by atoms with Crippen LogP contribution in [0.3, 0.4) is 0 Å². The van der Waals surface area contributed by atoms with Gasteiger partial charge in [-0.1, -0.05) is 24.3 Å². The zero-order valence-corrected chi connectivity index (χ0v) is 15.0. The van der Waals surface area contributed by atoms with Crippen LogP contribution in [-0.4, -0.2) is 38.1 Å². The van der Waals surface area contributed by atoms with Crippen LogP contribution in [0.15, 0.2) is 52.8 Å². The van der Waals surface area contributed by atoms with E-state index >= 15 is 0 Å². The van der Waals surface area contributed by atoms with Crippen molar-refractivity contribution in [1.29, 1.82) is 0 Å². The summed E-state index contributed by atoms with van der Waals surface area (Å²) in [6.07, 6.45) is 2.39. The maximum absolute atomic E-state index is 5.37. The molecule has 0 unspecified atom stereocenters. The summed E-state index contributed by atoms with van der Waals surface area (Å²) >= 11 is 0. The Morgan fingerprint density at radius 2 is 1.69 bits per heavy atom. The van der Waals surface area contributed by atoms with Crippen molar-refractivity contribution < 1.29 is 14.2 Å². The molecule has 0 fully saturated rings. The predicted octanol–water partition coefficient (Wildman–Crippen LogP) is 3.98. The predicted molar refractivity (Wildman–Crippen MR) is 98.7 cm³/mol. The number of rotatable bonds is 7. The summed E-state index contributed by atoms with van der Waals surface area (Å²) in [5.74, 6) is 2.34. The van der Waals surface area contributed by atoms with Gasteiger partial charge in [0.05, 0.1) is 34.1 Å². The first-order valence-electron chi connectivity index (χ1n) is 8.13. The Bertz CT molecular complexity index is 897. The van der Waals surface area contributed by atoms with Crippen LogP contribution < -0.4 is 14.2 Å². The first kappa shape index (κ1) is 17.6. The molecule has 134 valence electrons. The fourth-order valence-corrected chi connectivity index (χ4v) is 2.66. The number of hydrogen-bond donors (Lipinski definition) is 0. The minimum atomic E-state index is 0.504. The van der Waals surface area contributed by atoms with Gasteiger partial charge >= 0.3 is 0 Å². The molecule has 0 N–H and O–H groups in total. The van der Waals surface area contributed by atoms with Gasteiger partial charge in [-0.15, -0.1) is 10.2 Å². The summed E-state index contributed by atoms with van der Waals surface area (Å²) in [6, 6.07) is 11.6. The average molecular weight is 352 g/mol. The van der Waals surface area contributed by atoms with E-state index in [1.165, 1.54) is 0 Å². The fourth-order valence-electron chi connectivity index (χ4n) is 2.66. The molecule has 7 heteroatoms. The van der Waals surface area contributed by atoms with Crippen LogP contribution >= 0.6 is 0 Å². The molecule has 0 atom stereocenters. The van der Waals surface area contributed by atoms with Crippen LogP contribution in [-0.2, 0) is 6.42 Å². The third kappa shape index (κ3) is 3.72. The van der Waals surface area contributed by atoms with Gasteiger partial charge in [0, 0.05) is 10.8 Å². The number of methoxy groups -OCH3 is 3.